The summed E-state index contributed by atoms with van der Waals surface area (Å²) in [6, 6.07) is 8.28. The third kappa shape index (κ3) is 4.57. The minimum absolute atomic E-state index is 0.0411. The zero-order valence-electron chi connectivity index (χ0n) is 20.8. The number of rotatable bonds is 8. The van der Waals surface area contributed by atoms with E-state index in [0.717, 1.165) is 22.2 Å². The standard InChI is InChI=1S/C27H28N4O6/c1-4-31-13-20(25(32)19-10-23-24(11-22(19)31)37-14-36-23)27(34)30-15(2)26(33)28-8-7-16-12-29-21-6-5-17(35-3)9-18(16)21/h5-6,9-13,15,29H,4,7-8,14H2,1-3H3,(H,28,33)(H,30,34). The topological polar surface area (TPSA) is 124 Å². The summed E-state index contributed by atoms with van der Waals surface area (Å²) in [6.07, 6.45) is 4.02. The Bertz CT molecular complexity index is 1570. The van der Waals surface area contributed by atoms with Crippen LogP contribution in [0.4, 0.5) is 0 Å². The Morgan fingerprint density at radius 1 is 1.16 bits per heavy atom. The van der Waals surface area contributed by atoms with E-state index < -0.39 is 17.4 Å². The van der Waals surface area contributed by atoms with Crippen LogP contribution in [0.3, 0.4) is 0 Å². The Morgan fingerprint density at radius 2 is 1.95 bits per heavy atom. The van der Waals surface area contributed by atoms with Crippen LogP contribution in [0.15, 0.2) is 47.5 Å². The average molecular weight is 505 g/mol. The molecular formula is C27H28N4O6. The highest BCUT2D eigenvalue weighted by atomic mass is 16.7. The summed E-state index contributed by atoms with van der Waals surface area (Å²) in [5, 5.41) is 6.89. The van der Waals surface area contributed by atoms with Gasteiger partial charge in [-0.25, -0.2) is 0 Å². The molecule has 2 amide bonds. The lowest BCUT2D eigenvalue weighted by atomic mass is 10.1. The van der Waals surface area contributed by atoms with Crippen LogP contribution in [0.5, 0.6) is 17.2 Å². The quantitative estimate of drug-likeness (QED) is 0.339. The van der Waals surface area contributed by atoms with E-state index in [1.165, 1.54) is 6.20 Å². The summed E-state index contributed by atoms with van der Waals surface area (Å²) in [5.41, 5.74) is 2.20. The molecule has 0 fully saturated rings. The average Bonchev–Trinajstić information content (AvgIpc) is 3.54. The molecule has 1 aliphatic rings. The van der Waals surface area contributed by atoms with Crippen molar-refractivity contribution < 1.29 is 23.8 Å². The number of amides is 2. The molecule has 10 nitrogen and oxygen atoms in total. The van der Waals surface area contributed by atoms with Crippen molar-refractivity contribution in [3.05, 3.63) is 64.1 Å². The molecule has 0 saturated carbocycles. The van der Waals surface area contributed by atoms with Crippen LogP contribution in [0.2, 0.25) is 0 Å². The van der Waals surface area contributed by atoms with Crippen molar-refractivity contribution >= 4 is 33.6 Å². The van der Waals surface area contributed by atoms with Crippen LogP contribution >= 0.6 is 0 Å². The van der Waals surface area contributed by atoms with Crippen LogP contribution < -0.4 is 30.3 Å². The van der Waals surface area contributed by atoms with E-state index in [2.05, 4.69) is 15.6 Å². The first-order valence-electron chi connectivity index (χ1n) is 12.1. The molecule has 0 spiro atoms. The second kappa shape index (κ2) is 9.88. The number of ether oxygens (including phenoxy) is 3. The fourth-order valence-corrected chi connectivity index (χ4v) is 4.51. The second-order valence-corrected chi connectivity index (χ2v) is 8.84. The number of nitrogens with one attached hydrogen (secondary N) is 3. The number of methoxy groups -OCH3 is 1. The van der Waals surface area contributed by atoms with Crippen molar-refractivity contribution in [3.8, 4) is 17.2 Å². The van der Waals surface area contributed by atoms with Crippen molar-refractivity contribution in [2.24, 2.45) is 0 Å². The van der Waals surface area contributed by atoms with E-state index in [0.29, 0.717) is 41.9 Å². The molecular weight excluding hydrogens is 476 g/mol. The number of aromatic amines is 1. The zero-order chi connectivity index (χ0) is 26.1. The highest BCUT2D eigenvalue weighted by Gasteiger charge is 2.23. The predicted molar refractivity (Wildman–Crippen MR) is 138 cm³/mol. The van der Waals surface area contributed by atoms with Gasteiger partial charge in [-0.2, -0.15) is 0 Å². The maximum Gasteiger partial charge on any atom is 0.257 e. The number of hydrogen-bond donors (Lipinski definition) is 3. The van der Waals surface area contributed by atoms with Gasteiger partial charge in [-0.1, -0.05) is 0 Å². The van der Waals surface area contributed by atoms with Crippen molar-refractivity contribution in [3.63, 3.8) is 0 Å². The maximum absolute atomic E-state index is 13.2. The Balaban J connectivity index is 1.26. The van der Waals surface area contributed by atoms with E-state index in [4.69, 9.17) is 14.2 Å². The molecule has 2 aromatic carbocycles. The number of H-pyrrole nitrogens is 1. The third-order valence-corrected chi connectivity index (χ3v) is 6.57. The number of aromatic nitrogens is 2. The lowest BCUT2D eigenvalue weighted by molar-refractivity contribution is -0.122. The molecule has 0 radical (unpaired) electrons. The predicted octanol–water partition coefficient (Wildman–Crippen LogP) is 2.72. The van der Waals surface area contributed by atoms with Gasteiger partial charge in [0.05, 0.1) is 18.0 Å². The number of benzene rings is 2. The Labute approximate surface area is 212 Å². The molecule has 3 heterocycles. The summed E-state index contributed by atoms with van der Waals surface area (Å²) in [5.74, 6) is 0.827. The van der Waals surface area contributed by atoms with Crippen LogP contribution in [0, 0.1) is 0 Å². The summed E-state index contributed by atoms with van der Waals surface area (Å²) >= 11 is 0. The zero-order valence-corrected chi connectivity index (χ0v) is 20.8. The second-order valence-electron chi connectivity index (χ2n) is 8.84. The number of aryl methyl sites for hydroxylation is 1. The van der Waals surface area contributed by atoms with Crippen molar-refractivity contribution in [1.29, 1.82) is 0 Å². The van der Waals surface area contributed by atoms with Crippen molar-refractivity contribution in [1.82, 2.24) is 20.2 Å². The Hall–Kier alpha value is -4.47. The van der Waals surface area contributed by atoms with Gasteiger partial charge in [0.2, 0.25) is 18.1 Å². The molecule has 2 aromatic heterocycles. The van der Waals surface area contributed by atoms with Gasteiger partial charge < -0.3 is 34.4 Å². The first-order valence-corrected chi connectivity index (χ1v) is 12.1. The molecule has 0 saturated heterocycles. The SMILES string of the molecule is CCn1cc(C(=O)NC(C)C(=O)NCCc2c[nH]c3ccc(OC)cc23)c(=O)c2cc3c(cc21)OCO3. The van der Waals surface area contributed by atoms with Gasteiger partial charge in [0, 0.05) is 42.5 Å². The summed E-state index contributed by atoms with van der Waals surface area (Å²) in [7, 11) is 1.62. The molecule has 192 valence electrons. The molecule has 5 rings (SSSR count). The summed E-state index contributed by atoms with van der Waals surface area (Å²) in [6.45, 7) is 4.50. The van der Waals surface area contributed by atoms with E-state index in [1.54, 1.807) is 30.7 Å². The molecule has 0 bridgehead atoms. The van der Waals surface area contributed by atoms with Gasteiger partial charge in [-0.15, -0.1) is 0 Å². The minimum Gasteiger partial charge on any atom is -0.497 e. The van der Waals surface area contributed by atoms with Gasteiger partial charge >= 0.3 is 0 Å². The molecule has 37 heavy (non-hydrogen) atoms. The molecule has 0 aliphatic carbocycles. The number of pyridine rings is 1. The molecule has 3 N–H and O–H groups in total. The Kier molecular flexibility index (Phi) is 6.47. The Morgan fingerprint density at radius 3 is 2.70 bits per heavy atom. The van der Waals surface area contributed by atoms with Gasteiger partial charge in [-0.05, 0) is 50.1 Å². The fraction of sp³-hybridized carbons (Fsp3) is 0.296. The lowest BCUT2D eigenvalue weighted by Crippen LogP contribution is -2.46. The highest BCUT2D eigenvalue weighted by molar-refractivity contribution is 6.00. The molecule has 1 unspecified atom stereocenters. The maximum atomic E-state index is 13.2. The summed E-state index contributed by atoms with van der Waals surface area (Å²) < 4.78 is 17.9. The van der Waals surface area contributed by atoms with Crippen molar-refractivity contribution in [2.45, 2.75) is 32.9 Å². The van der Waals surface area contributed by atoms with Gasteiger partial charge in [-0.3, -0.25) is 14.4 Å². The highest BCUT2D eigenvalue weighted by Crippen LogP contribution is 2.35. The van der Waals surface area contributed by atoms with Crippen LogP contribution in [-0.2, 0) is 17.8 Å². The van der Waals surface area contributed by atoms with E-state index in [9.17, 15) is 14.4 Å². The largest absolute Gasteiger partial charge is 0.497 e. The van der Waals surface area contributed by atoms with Gasteiger partial charge in [0.15, 0.2) is 11.5 Å². The smallest absolute Gasteiger partial charge is 0.257 e. The fourth-order valence-electron chi connectivity index (χ4n) is 4.51. The summed E-state index contributed by atoms with van der Waals surface area (Å²) in [4.78, 5) is 42.1. The van der Waals surface area contributed by atoms with Gasteiger partial charge in [0.25, 0.3) is 5.91 Å². The number of nitrogens with zero attached hydrogens (tertiary/aromatic N) is 1. The number of hydrogen-bond acceptors (Lipinski definition) is 6. The van der Waals surface area contributed by atoms with E-state index >= 15 is 0 Å². The molecule has 10 heteroatoms. The first-order chi connectivity index (χ1) is 17.9. The normalized spacial score (nSPS) is 13.1. The van der Waals surface area contributed by atoms with Crippen LogP contribution in [-0.4, -0.2) is 47.9 Å². The lowest BCUT2D eigenvalue weighted by Gasteiger charge is -2.16. The molecule has 4 aromatic rings. The third-order valence-electron chi connectivity index (χ3n) is 6.57. The van der Waals surface area contributed by atoms with Crippen LogP contribution in [0.25, 0.3) is 21.8 Å². The number of fused-ring (bicyclic) bond motifs is 3. The van der Waals surface area contributed by atoms with Crippen LogP contribution in [0.1, 0.15) is 29.8 Å². The molecule has 1 aliphatic heterocycles. The number of carbonyl (C=O) groups excluding carboxylic acids is 2. The van der Waals surface area contributed by atoms with E-state index in [1.807, 2.05) is 31.3 Å². The monoisotopic (exact) mass is 504 g/mol. The first kappa shape index (κ1) is 24.2. The number of carbonyl (C=O) groups is 2. The van der Waals surface area contributed by atoms with Crippen molar-refractivity contribution in [2.75, 3.05) is 20.4 Å². The van der Waals surface area contributed by atoms with Gasteiger partial charge in [0.1, 0.15) is 17.4 Å². The van der Waals surface area contributed by atoms with E-state index in [-0.39, 0.29) is 18.3 Å². The minimum atomic E-state index is -0.836. The molecule has 1 atom stereocenters.